The molecule has 0 aromatic heterocycles. The van der Waals surface area contributed by atoms with Gasteiger partial charge in [0.05, 0.1) is 30.8 Å². The molecule has 0 heterocycles. The largest absolute Gasteiger partial charge is 0.395 e. The monoisotopic (exact) mass is 262 g/mol. The molecule has 0 aromatic carbocycles. The number of unbranched alkanes of at least 4 members (excludes halogenated alkanes) is 5. The summed E-state index contributed by atoms with van der Waals surface area (Å²) in [6.07, 6.45) is 7.18. The second kappa shape index (κ2) is 8.86. The smallest absolute Gasteiger partial charge is 0.0741 e. The summed E-state index contributed by atoms with van der Waals surface area (Å²) in [5, 5.41) is 38.3. The zero-order valence-corrected chi connectivity index (χ0v) is 11.9. The second-order valence-electron chi connectivity index (χ2n) is 5.55. The zero-order chi connectivity index (χ0) is 14.1. The van der Waals surface area contributed by atoms with Gasteiger partial charge in [0.1, 0.15) is 0 Å². The minimum atomic E-state index is -1.24. The Morgan fingerprint density at radius 2 is 1.22 bits per heavy atom. The van der Waals surface area contributed by atoms with Crippen LogP contribution in [0.3, 0.4) is 0 Å². The predicted molar refractivity (Wildman–Crippen MR) is 72.3 cm³/mol. The summed E-state index contributed by atoms with van der Waals surface area (Å²) >= 11 is 0. The fourth-order valence-electron chi connectivity index (χ4n) is 2.18. The van der Waals surface area contributed by atoms with Crippen LogP contribution in [0.1, 0.15) is 58.8 Å². The van der Waals surface area contributed by atoms with Crippen LogP contribution in [0.4, 0.5) is 0 Å². The molecule has 4 N–H and O–H groups in total. The zero-order valence-electron chi connectivity index (χ0n) is 11.9. The van der Waals surface area contributed by atoms with E-state index in [9.17, 15) is 20.4 Å². The third-order valence-electron chi connectivity index (χ3n) is 4.07. The first-order chi connectivity index (χ1) is 8.49. The lowest BCUT2D eigenvalue weighted by molar-refractivity contribution is -0.147. The van der Waals surface area contributed by atoms with Gasteiger partial charge in [0.2, 0.25) is 0 Å². The molecule has 0 amide bonds. The minimum absolute atomic E-state index is 0.414. The highest BCUT2D eigenvalue weighted by molar-refractivity contribution is 4.95. The maximum Gasteiger partial charge on any atom is 0.0741 e. The third kappa shape index (κ3) is 4.84. The van der Waals surface area contributed by atoms with Gasteiger partial charge < -0.3 is 20.4 Å². The first-order valence-electron chi connectivity index (χ1n) is 7.04. The van der Waals surface area contributed by atoms with Crippen LogP contribution < -0.4 is 0 Å². The van der Waals surface area contributed by atoms with Crippen molar-refractivity contribution in [3.8, 4) is 0 Å². The van der Waals surface area contributed by atoms with Gasteiger partial charge in [-0.2, -0.15) is 0 Å². The molecule has 18 heavy (non-hydrogen) atoms. The summed E-state index contributed by atoms with van der Waals surface area (Å²) in [5.74, 6) is 0. The molecule has 4 nitrogen and oxygen atoms in total. The minimum Gasteiger partial charge on any atom is -0.395 e. The summed E-state index contributed by atoms with van der Waals surface area (Å²) in [5.41, 5.74) is -2.45. The van der Waals surface area contributed by atoms with Crippen molar-refractivity contribution in [2.45, 2.75) is 64.4 Å². The lowest BCUT2D eigenvalue weighted by Crippen LogP contribution is -2.53. The van der Waals surface area contributed by atoms with Gasteiger partial charge in [-0.3, -0.25) is 0 Å². The van der Waals surface area contributed by atoms with Gasteiger partial charge in [-0.05, 0) is 13.3 Å². The van der Waals surface area contributed by atoms with E-state index < -0.39 is 30.8 Å². The molecular weight excluding hydrogens is 232 g/mol. The first-order valence-corrected chi connectivity index (χ1v) is 7.04. The topological polar surface area (TPSA) is 80.9 Å². The third-order valence-corrected chi connectivity index (χ3v) is 4.07. The van der Waals surface area contributed by atoms with E-state index in [-0.39, 0.29) is 0 Å². The molecule has 0 aliphatic rings. The molecule has 0 aliphatic carbocycles. The fourth-order valence-corrected chi connectivity index (χ4v) is 2.18. The molecule has 0 saturated heterocycles. The Balaban J connectivity index is 4.12. The highest BCUT2D eigenvalue weighted by Gasteiger charge is 2.45. The summed E-state index contributed by atoms with van der Waals surface area (Å²) in [6, 6.07) is 0. The Labute approximate surface area is 111 Å². The fraction of sp³-hybridized carbons (Fsp3) is 1.00. The maximum absolute atomic E-state index is 10.3. The van der Waals surface area contributed by atoms with Gasteiger partial charge in [0.15, 0.2) is 0 Å². The van der Waals surface area contributed by atoms with Gasteiger partial charge in [0.25, 0.3) is 0 Å². The van der Waals surface area contributed by atoms with E-state index in [2.05, 4.69) is 6.92 Å². The van der Waals surface area contributed by atoms with Crippen molar-refractivity contribution in [1.29, 1.82) is 0 Å². The molecule has 0 spiro atoms. The van der Waals surface area contributed by atoms with E-state index in [1.165, 1.54) is 19.3 Å². The first kappa shape index (κ1) is 17.8. The molecule has 0 fully saturated rings. The number of hydrogen-bond donors (Lipinski definition) is 4. The Bertz CT molecular complexity index is 192. The Hall–Kier alpha value is -0.160. The highest BCUT2D eigenvalue weighted by Crippen LogP contribution is 2.34. The van der Waals surface area contributed by atoms with Crippen molar-refractivity contribution < 1.29 is 20.4 Å². The van der Waals surface area contributed by atoms with Crippen molar-refractivity contribution in [2.75, 3.05) is 19.8 Å². The van der Waals surface area contributed by atoms with Crippen LogP contribution in [0.5, 0.6) is 0 Å². The SMILES string of the molecule is CCCCCCCCC(C)(O)C(CO)(CO)CO. The number of aliphatic hydroxyl groups excluding tert-OH is 3. The van der Waals surface area contributed by atoms with Crippen LogP contribution in [0, 0.1) is 5.41 Å². The van der Waals surface area contributed by atoms with E-state index in [0.717, 1.165) is 19.3 Å². The van der Waals surface area contributed by atoms with Crippen LogP contribution in [-0.2, 0) is 0 Å². The highest BCUT2D eigenvalue weighted by atomic mass is 16.3. The molecule has 0 saturated carbocycles. The average molecular weight is 262 g/mol. The van der Waals surface area contributed by atoms with Gasteiger partial charge in [-0.15, -0.1) is 0 Å². The molecule has 0 aromatic rings. The second-order valence-corrected chi connectivity index (χ2v) is 5.55. The lowest BCUT2D eigenvalue weighted by atomic mass is 9.72. The van der Waals surface area contributed by atoms with E-state index in [0.29, 0.717) is 6.42 Å². The standard InChI is InChI=1S/C14H30O4/c1-3-4-5-6-7-8-9-13(2,18)14(10-15,11-16)12-17/h15-18H,3-12H2,1-2H3. The van der Waals surface area contributed by atoms with Crippen molar-refractivity contribution in [3.63, 3.8) is 0 Å². The summed E-state index contributed by atoms with van der Waals surface area (Å²) in [7, 11) is 0. The molecule has 110 valence electrons. The molecule has 0 bridgehead atoms. The van der Waals surface area contributed by atoms with Crippen molar-refractivity contribution in [2.24, 2.45) is 5.41 Å². The van der Waals surface area contributed by atoms with Crippen molar-refractivity contribution in [1.82, 2.24) is 0 Å². The van der Waals surface area contributed by atoms with Gasteiger partial charge in [0, 0.05) is 0 Å². The molecule has 1 atom stereocenters. The van der Waals surface area contributed by atoms with Gasteiger partial charge in [-0.1, -0.05) is 45.4 Å². The Morgan fingerprint density at radius 1 is 0.778 bits per heavy atom. The van der Waals surface area contributed by atoms with Crippen molar-refractivity contribution in [3.05, 3.63) is 0 Å². The van der Waals surface area contributed by atoms with Crippen LogP contribution in [0.2, 0.25) is 0 Å². The lowest BCUT2D eigenvalue weighted by Gasteiger charge is -2.41. The van der Waals surface area contributed by atoms with Crippen LogP contribution in [0.15, 0.2) is 0 Å². The number of hydrogen-bond acceptors (Lipinski definition) is 4. The number of aliphatic hydroxyl groups is 4. The normalized spacial score (nSPS) is 15.7. The van der Waals surface area contributed by atoms with E-state index in [4.69, 9.17) is 0 Å². The van der Waals surface area contributed by atoms with Crippen molar-refractivity contribution >= 4 is 0 Å². The Morgan fingerprint density at radius 3 is 1.67 bits per heavy atom. The van der Waals surface area contributed by atoms with E-state index in [1.54, 1.807) is 6.92 Å². The molecule has 4 heteroatoms. The maximum atomic E-state index is 10.3. The molecule has 1 unspecified atom stereocenters. The van der Waals surface area contributed by atoms with E-state index in [1.807, 2.05) is 0 Å². The molecular formula is C14H30O4. The number of rotatable bonds is 11. The molecule has 0 radical (unpaired) electrons. The molecule has 0 rings (SSSR count). The van der Waals surface area contributed by atoms with Crippen LogP contribution in [-0.4, -0.2) is 45.8 Å². The quantitative estimate of drug-likeness (QED) is 0.425. The van der Waals surface area contributed by atoms with Crippen LogP contribution >= 0.6 is 0 Å². The summed E-state index contributed by atoms with van der Waals surface area (Å²) < 4.78 is 0. The Kier molecular flexibility index (Phi) is 8.78. The van der Waals surface area contributed by atoms with E-state index >= 15 is 0 Å². The van der Waals surface area contributed by atoms with Gasteiger partial charge in [-0.25, -0.2) is 0 Å². The van der Waals surface area contributed by atoms with Gasteiger partial charge >= 0.3 is 0 Å². The van der Waals surface area contributed by atoms with Crippen LogP contribution in [0.25, 0.3) is 0 Å². The predicted octanol–water partition coefficient (Wildman–Crippen LogP) is 1.45. The average Bonchev–Trinajstić information content (AvgIpc) is 2.36. The summed E-state index contributed by atoms with van der Waals surface area (Å²) in [4.78, 5) is 0. The summed E-state index contributed by atoms with van der Waals surface area (Å²) in [6.45, 7) is 2.51. The molecule has 0 aliphatic heterocycles.